The molecule has 0 bridgehead atoms. The number of hydrogen-bond acceptors (Lipinski definition) is 4. The lowest BCUT2D eigenvalue weighted by atomic mass is 10.1. The summed E-state index contributed by atoms with van der Waals surface area (Å²) in [5.41, 5.74) is 1.68. The van der Waals surface area contributed by atoms with Gasteiger partial charge in [0.25, 0.3) is 0 Å². The number of guanidine groups is 1. The molecule has 0 saturated carbocycles. The fourth-order valence-corrected chi connectivity index (χ4v) is 2.96. The molecule has 0 aliphatic heterocycles. The lowest BCUT2D eigenvalue weighted by molar-refractivity contribution is 0.182. The summed E-state index contributed by atoms with van der Waals surface area (Å²) < 4.78 is 10.6. The molecule has 2 aromatic carbocycles. The Morgan fingerprint density at radius 3 is 2.55 bits per heavy atom. The number of hydrogen-bond donors (Lipinski definition) is 3. The molecule has 0 aliphatic carbocycles. The van der Waals surface area contributed by atoms with E-state index in [4.69, 9.17) is 21.1 Å². The third-order valence-corrected chi connectivity index (χ3v) is 4.50. The zero-order valence-electron chi connectivity index (χ0n) is 17.1. The maximum Gasteiger partial charge on any atom is 0.191 e. The Labute approximate surface area is 194 Å². The highest BCUT2D eigenvalue weighted by Gasteiger charge is 2.15. The normalized spacial score (nSPS) is 13.1. The van der Waals surface area contributed by atoms with E-state index in [1.807, 2.05) is 38.1 Å². The molecule has 3 N–H and O–H groups in total. The minimum atomic E-state index is -0.831. The first-order valence-electron chi connectivity index (χ1n) is 9.18. The Hall–Kier alpha value is -1.71. The van der Waals surface area contributed by atoms with Crippen LogP contribution in [0.3, 0.4) is 0 Å². The maximum atomic E-state index is 10.6. The fraction of sp³-hybridized carbons (Fsp3) is 0.381. The predicted octanol–water partition coefficient (Wildman–Crippen LogP) is 4.32. The molecule has 0 heterocycles. The van der Waals surface area contributed by atoms with Gasteiger partial charge in [-0.05, 0) is 49.7 Å². The van der Waals surface area contributed by atoms with Crippen LogP contribution < -0.4 is 20.1 Å². The summed E-state index contributed by atoms with van der Waals surface area (Å²) in [6.45, 7) is 4.89. The van der Waals surface area contributed by atoms with Crippen LogP contribution in [0.4, 0.5) is 0 Å². The van der Waals surface area contributed by atoms with Crippen LogP contribution in [-0.2, 0) is 0 Å². The Morgan fingerprint density at radius 2 is 1.93 bits per heavy atom. The summed E-state index contributed by atoms with van der Waals surface area (Å²) in [4.78, 5) is 4.52. The molecule has 2 aromatic rings. The molecule has 0 saturated heterocycles. The zero-order chi connectivity index (χ0) is 20.5. The van der Waals surface area contributed by atoms with Gasteiger partial charge in [-0.1, -0.05) is 23.7 Å². The van der Waals surface area contributed by atoms with E-state index in [2.05, 4.69) is 15.6 Å². The van der Waals surface area contributed by atoms with Gasteiger partial charge in [0.15, 0.2) is 5.96 Å². The van der Waals surface area contributed by atoms with Crippen molar-refractivity contribution >= 4 is 41.5 Å². The first kappa shape index (κ1) is 25.3. The van der Waals surface area contributed by atoms with E-state index in [-0.39, 0.29) is 36.6 Å². The molecular weight excluding hydrogens is 505 g/mol. The van der Waals surface area contributed by atoms with Crippen LogP contribution in [0.25, 0.3) is 0 Å². The van der Waals surface area contributed by atoms with Crippen LogP contribution in [0, 0.1) is 0 Å². The van der Waals surface area contributed by atoms with Crippen molar-refractivity contribution < 1.29 is 14.6 Å². The molecule has 0 aromatic heterocycles. The molecule has 0 spiro atoms. The number of halogens is 2. The second-order valence-electron chi connectivity index (χ2n) is 6.26. The van der Waals surface area contributed by atoms with Crippen molar-refractivity contribution in [2.24, 2.45) is 4.99 Å². The van der Waals surface area contributed by atoms with Crippen LogP contribution in [0.15, 0.2) is 47.5 Å². The molecular formula is C21H29ClIN3O3. The van der Waals surface area contributed by atoms with Crippen molar-refractivity contribution in [2.75, 3.05) is 27.3 Å². The summed E-state index contributed by atoms with van der Waals surface area (Å²) >= 11 is 6.08. The molecule has 0 fully saturated rings. The number of rotatable bonds is 8. The molecule has 2 atom stereocenters. The number of nitrogens with one attached hydrogen (secondary N) is 2. The molecule has 2 rings (SSSR count). The van der Waals surface area contributed by atoms with Gasteiger partial charge in [0.05, 0.1) is 26.8 Å². The number of aliphatic imine (C=N–C) groups is 1. The second-order valence-corrected chi connectivity index (χ2v) is 6.70. The molecule has 6 nitrogen and oxygen atoms in total. The van der Waals surface area contributed by atoms with E-state index in [0.717, 1.165) is 5.56 Å². The number of benzene rings is 2. The number of nitrogens with zero attached hydrogens (tertiary/aromatic N) is 1. The van der Waals surface area contributed by atoms with E-state index in [1.54, 1.807) is 32.4 Å². The van der Waals surface area contributed by atoms with Crippen molar-refractivity contribution in [3.63, 3.8) is 0 Å². The Kier molecular flexibility index (Phi) is 11.2. The van der Waals surface area contributed by atoms with Crippen LogP contribution in [-0.4, -0.2) is 38.4 Å². The molecule has 2 unspecified atom stereocenters. The highest BCUT2D eigenvalue weighted by atomic mass is 127. The molecule has 0 radical (unpaired) electrons. The Morgan fingerprint density at radius 1 is 1.17 bits per heavy atom. The number of methoxy groups -OCH3 is 2. The topological polar surface area (TPSA) is 75.1 Å². The molecule has 160 valence electrons. The molecule has 0 aliphatic rings. The summed E-state index contributed by atoms with van der Waals surface area (Å²) in [6.07, 6.45) is -0.831. The third-order valence-electron chi connectivity index (χ3n) is 4.26. The zero-order valence-corrected chi connectivity index (χ0v) is 20.2. The van der Waals surface area contributed by atoms with Gasteiger partial charge in [0.2, 0.25) is 0 Å². The van der Waals surface area contributed by atoms with Crippen molar-refractivity contribution in [1.82, 2.24) is 10.6 Å². The quantitative estimate of drug-likeness (QED) is 0.268. The highest BCUT2D eigenvalue weighted by Crippen LogP contribution is 2.29. The summed E-state index contributed by atoms with van der Waals surface area (Å²) in [7, 11) is 3.15. The largest absolute Gasteiger partial charge is 0.497 e. The van der Waals surface area contributed by atoms with Crippen LogP contribution in [0.2, 0.25) is 5.02 Å². The van der Waals surface area contributed by atoms with Gasteiger partial charge in [-0.2, -0.15) is 0 Å². The maximum absolute atomic E-state index is 10.6. The van der Waals surface area contributed by atoms with Gasteiger partial charge < -0.3 is 25.2 Å². The monoisotopic (exact) mass is 533 g/mol. The standard InChI is InChI=1S/C21H28ClN3O3.HI/c1-5-23-21(25-14(2)15-7-6-8-16(22)11-15)24-13-19(26)18-12-17(27-3)9-10-20(18)28-4;/h6-12,14,19,26H,5,13H2,1-4H3,(H2,23,24,25);1H. The van der Waals surface area contributed by atoms with E-state index in [9.17, 15) is 5.11 Å². The first-order valence-corrected chi connectivity index (χ1v) is 9.56. The fourth-order valence-electron chi connectivity index (χ4n) is 2.76. The van der Waals surface area contributed by atoms with Gasteiger partial charge in [-0.25, -0.2) is 0 Å². The minimum Gasteiger partial charge on any atom is -0.497 e. The minimum absolute atomic E-state index is 0. The lowest BCUT2D eigenvalue weighted by Gasteiger charge is -2.19. The van der Waals surface area contributed by atoms with Crippen LogP contribution in [0.1, 0.15) is 37.1 Å². The van der Waals surface area contributed by atoms with Crippen molar-refractivity contribution in [3.05, 3.63) is 58.6 Å². The summed E-state index contributed by atoms with van der Waals surface area (Å²) in [5, 5.41) is 17.9. The van der Waals surface area contributed by atoms with E-state index >= 15 is 0 Å². The van der Waals surface area contributed by atoms with Gasteiger partial charge in [0, 0.05) is 17.1 Å². The number of aliphatic hydroxyl groups is 1. The highest BCUT2D eigenvalue weighted by molar-refractivity contribution is 14.0. The van der Waals surface area contributed by atoms with Crippen molar-refractivity contribution in [1.29, 1.82) is 0 Å². The van der Waals surface area contributed by atoms with Gasteiger partial charge in [0.1, 0.15) is 17.6 Å². The van der Waals surface area contributed by atoms with Gasteiger partial charge in [-0.15, -0.1) is 24.0 Å². The van der Waals surface area contributed by atoms with E-state index < -0.39 is 6.10 Å². The SMILES string of the molecule is CCNC(=NCC(O)c1cc(OC)ccc1OC)NC(C)c1cccc(Cl)c1.I. The van der Waals surface area contributed by atoms with E-state index in [1.165, 1.54) is 0 Å². The molecule has 29 heavy (non-hydrogen) atoms. The average Bonchev–Trinajstić information content (AvgIpc) is 2.71. The van der Waals surface area contributed by atoms with E-state index in [0.29, 0.717) is 34.6 Å². The third kappa shape index (κ3) is 7.56. The first-order chi connectivity index (χ1) is 13.5. The molecule has 0 amide bonds. The Bertz CT molecular complexity index is 804. The van der Waals surface area contributed by atoms with Crippen LogP contribution >= 0.6 is 35.6 Å². The average molecular weight is 534 g/mol. The summed E-state index contributed by atoms with van der Waals surface area (Å²) in [6, 6.07) is 13.0. The van der Waals surface area contributed by atoms with Crippen molar-refractivity contribution in [3.8, 4) is 11.5 Å². The Balaban J connectivity index is 0.00000420. The summed E-state index contributed by atoms with van der Waals surface area (Å²) in [5.74, 6) is 1.85. The number of ether oxygens (including phenoxy) is 2. The van der Waals surface area contributed by atoms with Crippen molar-refractivity contribution in [2.45, 2.75) is 26.0 Å². The van der Waals surface area contributed by atoms with Gasteiger partial charge >= 0.3 is 0 Å². The predicted molar refractivity (Wildman–Crippen MR) is 129 cm³/mol. The van der Waals surface area contributed by atoms with Gasteiger partial charge in [-0.3, -0.25) is 4.99 Å². The lowest BCUT2D eigenvalue weighted by Crippen LogP contribution is -2.39. The molecule has 8 heteroatoms. The smallest absolute Gasteiger partial charge is 0.191 e. The van der Waals surface area contributed by atoms with Crippen LogP contribution in [0.5, 0.6) is 11.5 Å². The number of aliphatic hydroxyl groups excluding tert-OH is 1. The second kappa shape index (κ2) is 12.8.